The quantitative estimate of drug-likeness (QED) is 0.558. The van der Waals surface area contributed by atoms with Gasteiger partial charge >= 0.3 is 0 Å². The summed E-state index contributed by atoms with van der Waals surface area (Å²) < 4.78 is 10.2. The van der Waals surface area contributed by atoms with Gasteiger partial charge in [-0.2, -0.15) is 0 Å². The van der Waals surface area contributed by atoms with Crippen LogP contribution in [0.4, 0.5) is 0 Å². The average Bonchev–Trinajstić information content (AvgIpc) is 2.62. The van der Waals surface area contributed by atoms with Gasteiger partial charge in [-0.25, -0.2) is 0 Å². The number of hydrogen-bond donors (Lipinski definition) is 4. The molecule has 4 N–H and O–H groups in total. The summed E-state index contributed by atoms with van der Waals surface area (Å²) >= 11 is 0. The summed E-state index contributed by atoms with van der Waals surface area (Å²) in [6, 6.07) is 10.9. The summed E-state index contributed by atoms with van der Waals surface area (Å²) in [5.41, 5.74) is 2.09. The van der Waals surface area contributed by atoms with Gasteiger partial charge in [0.25, 0.3) is 0 Å². The van der Waals surface area contributed by atoms with Crippen LogP contribution in [0.15, 0.2) is 36.4 Å². The Morgan fingerprint density at radius 1 is 0.880 bits per heavy atom. The summed E-state index contributed by atoms with van der Waals surface area (Å²) in [5.74, 6) is 1.24. The minimum absolute atomic E-state index is 0.144. The van der Waals surface area contributed by atoms with Crippen LogP contribution in [0, 0.1) is 0 Å². The highest BCUT2D eigenvalue weighted by Gasteiger charge is 2.06. The van der Waals surface area contributed by atoms with Gasteiger partial charge in [0, 0.05) is 25.7 Å². The second-order valence-electron chi connectivity index (χ2n) is 5.93. The number of hydrogen-bond acceptors (Lipinski definition) is 6. The van der Waals surface area contributed by atoms with Crippen molar-refractivity contribution >= 4 is 0 Å². The Morgan fingerprint density at radius 3 is 1.92 bits per heavy atom. The summed E-state index contributed by atoms with van der Waals surface area (Å²) in [6.45, 7) is 4.27. The Kier molecular flexibility index (Phi) is 6.91. The molecule has 25 heavy (non-hydrogen) atoms. The van der Waals surface area contributed by atoms with E-state index in [0.717, 1.165) is 17.7 Å². The lowest BCUT2D eigenvalue weighted by Gasteiger charge is -2.16. The molecule has 0 radical (unpaired) electrons. The molecule has 0 aromatic heterocycles. The van der Waals surface area contributed by atoms with E-state index in [1.807, 2.05) is 24.3 Å². The van der Waals surface area contributed by atoms with Crippen molar-refractivity contribution in [2.75, 3.05) is 20.8 Å². The first-order valence-electron chi connectivity index (χ1n) is 8.19. The molecule has 0 spiro atoms. The van der Waals surface area contributed by atoms with Crippen molar-refractivity contribution in [1.82, 2.24) is 10.6 Å². The highest BCUT2D eigenvalue weighted by molar-refractivity contribution is 5.42. The maximum absolute atomic E-state index is 9.61. The second kappa shape index (κ2) is 9.15. The van der Waals surface area contributed by atoms with Gasteiger partial charge in [-0.1, -0.05) is 12.1 Å². The molecule has 0 saturated carbocycles. The molecule has 6 nitrogen and oxygen atoms in total. The first-order valence-corrected chi connectivity index (χ1v) is 8.19. The van der Waals surface area contributed by atoms with Gasteiger partial charge in [0.15, 0.2) is 23.0 Å². The first-order chi connectivity index (χ1) is 12.0. The third-order valence-electron chi connectivity index (χ3n) is 3.92. The maximum Gasteiger partial charge on any atom is 0.160 e. The zero-order valence-corrected chi connectivity index (χ0v) is 14.9. The summed E-state index contributed by atoms with van der Waals surface area (Å²) in [4.78, 5) is 0. The molecule has 0 aliphatic heterocycles. The van der Waals surface area contributed by atoms with Crippen LogP contribution in [0.3, 0.4) is 0 Å². The highest BCUT2D eigenvalue weighted by Crippen LogP contribution is 2.27. The van der Waals surface area contributed by atoms with Gasteiger partial charge in [-0.3, -0.25) is 0 Å². The van der Waals surface area contributed by atoms with E-state index in [-0.39, 0.29) is 17.5 Å². The predicted octanol–water partition coefficient (Wildman–Crippen LogP) is 2.38. The predicted molar refractivity (Wildman–Crippen MR) is 97.3 cm³/mol. The number of phenols is 2. The Labute approximate surface area is 148 Å². The fourth-order valence-electron chi connectivity index (χ4n) is 2.46. The normalized spacial score (nSPS) is 12.0. The summed E-state index contributed by atoms with van der Waals surface area (Å²) in [5, 5.41) is 26.0. The van der Waals surface area contributed by atoms with E-state index < -0.39 is 0 Å². The van der Waals surface area contributed by atoms with E-state index in [2.05, 4.69) is 17.6 Å². The molecule has 0 aliphatic rings. The minimum atomic E-state index is 0.144. The number of rotatable bonds is 9. The van der Waals surface area contributed by atoms with Crippen LogP contribution in [0.1, 0.15) is 18.1 Å². The fourth-order valence-corrected chi connectivity index (χ4v) is 2.46. The Morgan fingerprint density at radius 2 is 1.40 bits per heavy atom. The number of ether oxygens (including phenoxy) is 2. The molecule has 0 heterocycles. The van der Waals surface area contributed by atoms with Crippen LogP contribution in [-0.4, -0.2) is 37.0 Å². The van der Waals surface area contributed by atoms with Crippen LogP contribution in [-0.2, 0) is 13.1 Å². The second-order valence-corrected chi connectivity index (χ2v) is 5.93. The lowest BCUT2D eigenvalue weighted by Crippen LogP contribution is -2.35. The molecule has 136 valence electrons. The Hall–Kier alpha value is -2.44. The SMILES string of the molecule is COc1cc(CNC[C@H](C)NCc2ccc(O)c(OC)c2)ccc1O. The van der Waals surface area contributed by atoms with E-state index in [1.165, 1.54) is 14.2 Å². The molecular formula is C19H26N2O4. The van der Waals surface area contributed by atoms with Gasteiger partial charge < -0.3 is 30.3 Å². The molecule has 0 aliphatic carbocycles. The van der Waals surface area contributed by atoms with Crippen LogP contribution < -0.4 is 20.1 Å². The van der Waals surface area contributed by atoms with Gasteiger partial charge in [0.05, 0.1) is 14.2 Å². The van der Waals surface area contributed by atoms with Crippen molar-refractivity contribution in [1.29, 1.82) is 0 Å². The van der Waals surface area contributed by atoms with E-state index in [0.29, 0.717) is 24.6 Å². The molecule has 2 aromatic rings. The number of phenolic OH excluding ortho intramolecular Hbond substituents is 2. The van der Waals surface area contributed by atoms with Crippen molar-refractivity contribution < 1.29 is 19.7 Å². The van der Waals surface area contributed by atoms with E-state index in [9.17, 15) is 10.2 Å². The van der Waals surface area contributed by atoms with Gasteiger partial charge in [-0.05, 0) is 42.3 Å². The van der Waals surface area contributed by atoms with Crippen molar-refractivity contribution in [3.05, 3.63) is 47.5 Å². The Bertz CT molecular complexity index is 691. The molecule has 6 heteroatoms. The van der Waals surface area contributed by atoms with Crippen molar-refractivity contribution in [3.63, 3.8) is 0 Å². The molecule has 2 rings (SSSR count). The molecule has 0 saturated heterocycles. The first kappa shape index (κ1) is 18.9. The number of methoxy groups -OCH3 is 2. The standard InChI is InChI=1S/C19H26N2O4/c1-13(21-12-15-5-7-17(23)19(9-15)25-3)10-20-11-14-4-6-16(22)18(8-14)24-2/h4-9,13,20-23H,10-12H2,1-3H3/t13-/m0/s1. The zero-order valence-electron chi connectivity index (χ0n) is 14.9. The fraction of sp³-hybridized carbons (Fsp3) is 0.368. The average molecular weight is 346 g/mol. The van der Waals surface area contributed by atoms with E-state index in [1.54, 1.807) is 12.1 Å². The smallest absolute Gasteiger partial charge is 0.160 e. The molecule has 0 amide bonds. The number of benzene rings is 2. The number of aromatic hydroxyl groups is 2. The zero-order chi connectivity index (χ0) is 18.2. The minimum Gasteiger partial charge on any atom is -0.504 e. The van der Waals surface area contributed by atoms with E-state index in [4.69, 9.17) is 9.47 Å². The molecule has 1 atom stereocenters. The van der Waals surface area contributed by atoms with Crippen LogP contribution in [0.25, 0.3) is 0 Å². The summed E-state index contributed by atoms with van der Waals surface area (Å²) in [6.07, 6.45) is 0. The van der Waals surface area contributed by atoms with Crippen molar-refractivity contribution in [3.8, 4) is 23.0 Å². The third kappa shape index (κ3) is 5.55. The van der Waals surface area contributed by atoms with Crippen LogP contribution >= 0.6 is 0 Å². The van der Waals surface area contributed by atoms with Gasteiger partial charge in [0.2, 0.25) is 0 Å². The van der Waals surface area contributed by atoms with Crippen molar-refractivity contribution in [2.24, 2.45) is 0 Å². The highest BCUT2D eigenvalue weighted by atomic mass is 16.5. The Balaban J connectivity index is 1.76. The third-order valence-corrected chi connectivity index (χ3v) is 3.92. The number of nitrogens with one attached hydrogen (secondary N) is 2. The van der Waals surface area contributed by atoms with Crippen LogP contribution in [0.5, 0.6) is 23.0 Å². The largest absolute Gasteiger partial charge is 0.504 e. The lowest BCUT2D eigenvalue weighted by molar-refractivity contribution is 0.372. The van der Waals surface area contributed by atoms with E-state index >= 15 is 0 Å². The molecule has 0 unspecified atom stereocenters. The monoisotopic (exact) mass is 346 g/mol. The van der Waals surface area contributed by atoms with Gasteiger partial charge in [0.1, 0.15) is 0 Å². The molecule has 2 aromatic carbocycles. The topological polar surface area (TPSA) is 83.0 Å². The summed E-state index contributed by atoms with van der Waals surface area (Å²) in [7, 11) is 3.08. The molecule has 0 bridgehead atoms. The lowest BCUT2D eigenvalue weighted by atomic mass is 10.2. The maximum atomic E-state index is 9.61. The van der Waals surface area contributed by atoms with Gasteiger partial charge in [-0.15, -0.1) is 0 Å². The van der Waals surface area contributed by atoms with Crippen LogP contribution in [0.2, 0.25) is 0 Å². The van der Waals surface area contributed by atoms with Crippen molar-refractivity contribution in [2.45, 2.75) is 26.1 Å². The molecular weight excluding hydrogens is 320 g/mol. The molecule has 0 fully saturated rings.